The lowest BCUT2D eigenvalue weighted by atomic mass is 10.0. The molecule has 0 bridgehead atoms. The molecule has 2 aliphatic carbocycles. The molecule has 0 aliphatic heterocycles. The Kier molecular flexibility index (Phi) is 5.01. The minimum atomic E-state index is -0.512. The van der Waals surface area contributed by atoms with E-state index >= 15 is 0 Å². The van der Waals surface area contributed by atoms with Gasteiger partial charge in [0, 0.05) is 0 Å². The van der Waals surface area contributed by atoms with Crippen molar-refractivity contribution < 1.29 is 19.1 Å². The molecule has 118 valence electrons. The first-order valence-corrected chi connectivity index (χ1v) is 7.66. The van der Waals surface area contributed by atoms with Crippen LogP contribution in [-0.4, -0.2) is 26.2 Å². The third-order valence-electron chi connectivity index (χ3n) is 3.92. The number of carbonyl (C=O) groups is 2. The van der Waals surface area contributed by atoms with Crippen molar-refractivity contribution in [2.24, 2.45) is 0 Å². The maximum absolute atomic E-state index is 12.1. The Morgan fingerprint density at radius 2 is 1.45 bits per heavy atom. The van der Waals surface area contributed by atoms with Crippen LogP contribution in [0.4, 0.5) is 0 Å². The summed E-state index contributed by atoms with van der Waals surface area (Å²) in [5.74, 6) is -1.01. The second-order valence-electron chi connectivity index (χ2n) is 5.35. The number of ether oxygens (including phenoxy) is 2. The molecule has 0 heterocycles. The lowest BCUT2D eigenvalue weighted by molar-refractivity contribution is -0.138. The molecule has 0 aromatic rings. The van der Waals surface area contributed by atoms with Crippen LogP contribution in [-0.2, 0) is 19.1 Å². The first-order valence-electron chi connectivity index (χ1n) is 7.66. The van der Waals surface area contributed by atoms with E-state index in [1.807, 2.05) is 6.08 Å². The van der Waals surface area contributed by atoms with Crippen LogP contribution in [0.25, 0.3) is 0 Å². The average Bonchev–Trinajstić information content (AvgIpc) is 3.00. The highest BCUT2D eigenvalue weighted by Gasteiger charge is 2.36. The average molecular weight is 302 g/mol. The van der Waals surface area contributed by atoms with Gasteiger partial charge in [-0.05, 0) is 41.2 Å². The van der Waals surface area contributed by atoms with Crippen molar-refractivity contribution in [3.05, 3.63) is 45.6 Å². The van der Waals surface area contributed by atoms with E-state index < -0.39 is 11.9 Å². The monoisotopic (exact) mass is 302 g/mol. The standard InChI is InChI=1S/C18H22O4/c1-5-7-11-12(8-6-2)15(11)13-9-10-14(17(19)21-3)16(13)18(20)22-4/h9-10H,5-8H2,1-4H3. The Hall–Kier alpha value is -2.10. The molecule has 0 aromatic heterocycles. The van der Waals surface area contributed by atoms with Gasteiger partial charge in [0.05, 0.1) is 25.4 Å². The molecule has 0 aromatic carbocycles. The van der Waals surface area contributed by atoms with Gasteiger partial charge in [-0.3, -0.25) is 0 Å². The summed E-state index contributed by atoms with van der Waals surface area (Å²) in [6.45, 7) is 4.27. The van der Waals surface area contributed by atoms with Gasteiger partial charge in [-0.15, -0.1) is 0 Å². The number of methoxy groups -OCH3 is 2. The predicted octanol–water partition coefficient (Wildman–Crippen LogP) is 3.41. The van der Waals surface area contributed by atoms with Gasteiger partial charge in [0.1, 0.15) is 0 Å². The first-order chi connectivity index (χ1) is 10.6. The topological polar surface area (TPSA) is 52.6 Å². The van der Waals surface area contributed by atoms with Gasteiger partial charge in [0.25, 0.3) is 0 Å². The first kappa shape index (κ1) is 16.3. The molecule has 22 heavy (non-hydrogen) atoms. The zero-order valence-corrected chi connectivity index (χ0v) is 13.6. The van der Waals surface area contributed by atoms with E-state index in [-0.39, 0.29) is 5.57 Å². The molecule has 0 amide bonds. The summed E-state index contributed by atoms with van der Waals surface area (Å²) >= 11 is 0. The van der Waals surface area contributed by atoms with E-state index in [1.54, 1.807) is 6.08 Å². The van der Waals surface area contributed by atoms with E-state index in [2.05, 4.69) is 13.8 Å². The summed E-state index contributed by atoms with van der Waals surface area (Å²) in [5.41, 5.74) is 5.20. The van der Waals surface area contributed by atoms with Crippen LogP contribution >= 0.6 is 0 Å². The molecule has 0 saturated heterocycles. The molecule has 4 nitrogen and oxygen atoms in total. The van der Waals surface area contributed by atoms with Crippen molar-refractivity contribution in [3.8, 4) is 0 Å². The maximum atomic E-state index is 12.1. The van der Waals surface area contributed by atoms with Crippen molar-refractivity contribution in [1.82, 2.24) is 0 Å². The zero-order chi connectivity index (χ0) is 16.3. The Balaban J connectivity index is 2.46. The van der Waals surface area contributed by atoms with Gasteiger partial charge in [-0.1, -0.05) is 32.8 Å². The second-order valence-corrected chi connectivity index (χ2v) is 5.35. The fraction of sp³-hybridized carbons (Fsp3) is 0.444. The van der Waals surface area contributed by atoms with Crippen LogP contribution in [0.3, 0.4) is 0 Å². The van der Waals surface area contributed by atoms with E-state index in [4.69, 9.17) is 9.47 Å². The van der Waals surface area contributed by atoms with Crippen molar-refractivity contribution >= 4 is 11.9 Å². The number of rotatable bonds is 6. The van der Waals surface area contributed by atoms with Gasteiger partial charge >= 0.3 is 11.9 Å². The van der Waals surface area contributed by atoms with E-state index in [9.17, 15) is 9.59 Å². The number of hydrogen-bond acceptors (Lipinski definition) is 4. The van der Waals surface area contributed by atoms with Crippen LogP contribution < -0.4 is 0 Å². The quantitative estimate of drug-likeness (QED) is 0.706. The summed E-state index contributed by atoms with van der Waals surface area (Å²) < 4.78 is 9.62. The third-order valence-corrected chi connectivity index (χ3v) is 3.92. The van der Waals surface area contributed by atoms with E-state index in [0.717, 1.165) is 36.8 Å². The molecular formula is C18H22O4. The Labute approximate surface area is 131 Å². The molecule has 4 heteroatoms. The highest BCUT2D eigenvalue weighted by molar-refractivity contribution is 6.09. The molecular weight excluding hydrogens is 280 g/mol. The van der Waals surface area contributed by atoms with Crippen LogP contribution in [0.15, 0.2) is 45.6 Å². The molecule has 0 unspecified atom stereocenters. The molecule has 0 radical (unpaired) electrons. The number of esters is 2. The summed E-state index contributed by atoms with van der Waals surface area (Å²) in [4.78, 5) is 24.0. The summed E-state index contributed by atoms with van der Waals surface area (Å²) in [5, 5.41) is 0. The maximum Gasteiger partial charge on any atom is 0.339 e. The molecule has 0 atom stereocenters. The van der Waals surface area contributed by atoms with E-state index in [1.165, 1.54) is 25.4 Å². The van der Waals surface area contributed by atoms with Gasteiger partial charge < -0.3 is 9.47 Å². The van der Waals surface area contributed by atoms with Crippen molar-refractivity contribution in [2.45, 2.75) is 39.5 Å². The normalized spacial score (nSPS) is 16.5. The smallest absolute Gasteiger partial charge is 0.339 e. The largest absolute Gasteiger partial charge is 0.465 e. The number of hydrogen-bond donors (Lipinski definition) is 0. The minimum absolute atomic E-state index is 0.274. The van der Waals surface area contributed by atoms with E-state index in [0.29, 0.717) is 5.57 Å². The minimum Gasteiger partial charge on any atom is -0.465 e. The van der Waals surface area contributed by atoms with Crippen molar-refractivity contribution in [2.75, 3.05) is 14.2 Å². The molecule has 2 rings (SSSR count). The fourth-order valence-electron chi connectivity index (χ4n) is 2.94. The Morgan fingerprint density at radius 1 is 0.909 bits per heavy atom. The second kappa shape index (κ2) is 6.77. The van der Waals surface area contributed by atoms with Crippen molar-refractivity contribution in [1.29, 1.82) is 0 Å². The molecule has 0 saturated carbocycles. The molecule has 0 spiro atoms. The van der Waals surface area contributed by atoms with Crippen LogP contribution in [0.1, 0.15) is 39.5 Å². The predicted molar refractivity (Wildman–Crippen MR) is 84.1 cm³/mol. The van der Waals surface area contributed by atoms with Crippen molar-refractivity contribution in [3.63, 3.8) is 0 Å². The van der Waals surface area contributed by atoms with Gasteiger partial charge in [-0.25, -0.2) is 9.59 Å². The lowest BCUT2D eigenvalue weighted by Crippen LogP contribution is -2.12. The molecule has 2 aliphatic rings. The Bertz CT molecular complexity index is 611. The third kappa shape index (κ3) is 2.78. The summed E-state index contributed by atoms with van der Waals surface area (Å²) in [6.07, 6.45) is 7.60. The lowest BCUT2D eigenvalue weighted by Gasteiger charge is -2.06. The SMILES string of the molecule is CCCC1=C(CCC)C1=C1C=CC(C(=O)OC)=C1C(=O)OC. The van der Waals surface area contributed by atoms with Crippen LogP contribution in [0, 0.1) is 0 Å². The Morgan fingerprint density at radius 3 is 1.91 bits per heavy atom. The fourth-order valence-corrected chi connectivity index (χ4v) is 2.94. The number of allylic oxidation sites excluding steroid dienone is 4. The summed E-state index contributed by atoms with van der Waals surface area (Å²) in [7, 11) is 2.63. The highest BCUT2D eigenvalue weighted by atomic mass is 16.5. The van der Waals surface area contributed by atoms with Gasteiger partial charge in [0.15, 0.2) is 0 Å². The van der Waals surface area contributed by atoms with Crippen LogP contribution in [0.5, 0.6) is 0 Å². The molecule has 0 N–H and O–H groups in total. The summed E-state index contributed by atoms with van der Waals surface area (Å²) in [6, 6.07) is 0. The molecule has 0 fully saturated rings. The highest BCUT2D eigenvalue weighted by Crippen LogP contribution is 2.49. The zero-order valence-electron chi connectivity index (χ0n) is 13.6. The van der Waals surface area contributed by atoms with Crippen LogP contribution in [0.2, 0.25) is 0 Å². The van der Waals surface area contributed by atoms with Gasteiger partial charge in [0.2, 0.25) is 0 Å². The number of carbonyl (C=O) groups excluding carboxylic acids is 2. The van der Waals surface area contributed by atoms with Gasteiger partial charge in [-0.2, -0.15) is 0 Å².